The summed E-state index contributed by atoms with van der Waals surface area (Å²) < 4.78 is 21.7. The zero-order chi connectivity index (χ0) is 15.0. The summed E-state index contributed by atoms with van der Waals surface area (Å²) in [5.74, 6) is -0.0474. The van der Waals surface area contributed by atoms with Crippen LogP contribution in [-0.4, -0.2) is 35.4 Å². The van der Waals surface area contributed by atoms with Gasteiger partial charge in [-0.15, -0.1) is 0 Å². The molecule has 0 heterocycles. The third-order valence-corrected chi connectivity index (χ3v) is 3.91. The van der Waals surface area contributed by atoms with Crippen molar-refractivity contribution in [2.75, 3.05) is 19.5 Å². The predicted molar refractivity (Wildman–Crippen MR) is 75.1 cm³/mol. The van der Waals surface area contributed by atoms with Gasteiger partial charge < -0.3 is 9.47 Å². The monoisotopic (exact) mass is 298 g/mol. The van der Waals surface area contributed by atoms with Crippen molar-refractivity contribution in [2.45, 2.75) is 24.7 Å². The van der Waals surface area contributed by atoms with Crippen LogP contribution in [-0.2, 0) is 25.1 Å². The van der Waals surface area contributed by atoms with Gasteiger partial charge in [-0.25, -0.2) is 0 Å². The topological polar surface area (TPSA) is 69.7 Å². The summed E-state index contributed by atoms with van der Waals surface area (Å²) in [6.45, 7) is 2.00. The van der Waals surface area contributed by atoms with Crippen LogP contribution in [0.1, 0.15) is 19.8 Å². The van der Waals surface area contributed by atoms with Crippen LogP contribution in [0.25, 0.3) is 0 Å². The average molecular weight is 298 g/mol. The van der Waals surface area contributed by atoms with E-state index in [1.54, 1.807) is 38.3 Å². The highest BCUT2D eigenvalue weighted by Crippen LogP contribution is 2.14. The number of Topliss-reactive ketones (excluding diaryl/α,β-unsaturated/α-hetero) is 1. The van der Waals surface area contributed by atoms with Gasteiger partial charge in [0.05, 0.1) is 36.7 Å². The molecule has 1 aromatic rings. The Kier molecular flexibility index (Phi) is 6.93. The molecular weight excluding hydrogens is 280 g/mol. The predicted octanol–water partition coefficient (Wildman–Crippen LogP) is 1.72. The van der Waals surface area contributed by atoms with E-state index in [0.717, 1.165) is 0 Å². The number of hydrogen-bond donors (Lipinski definition) is 0. The van der Waals surface area contributed by atoms with Gasteiger partial charge in [0.2, 0.25) is 0 Å². The standard InChI is InChI=1S/C14H18O5S/c1-3-19-14(16)9-4-11(15)10-20(17)13-7-5-12(18-2)6-8-13/h5-8H,3-4,9-10H2,1-2H3. The molecule has 5 nitrogen and oxygen atoms in total. The maximum atomic E-state index is 12.0. The minimum Gasteiger partial charge on any atom is -0.497 e. The minimum absolute atomic E-state index is 0.0342. The summed E-state index contributed by atoms with van der Waals surface area (Å²) in [5.41, 5.74) is 0. The number of ether oxygens (including phenoxy) is 2. The second kappa shape index (κ2) is 8.47. The molecule has 0 aliphatic carbocycles. The quantitative estimate of drug-likeness (QED) is 0.683. The van der Waals surface area contributed by atoms with Gasteiger partial charge in [0, 0.05) is 11.3 Å². The lowest BCUT2D eigenvalue weighted by atomic mass is 10.2. The molecule has 0 saturated heterocycles. The van der Waals surface area contributed by atoms with Crippen LogP contribution >= 0.6 is 0 Å². The molecular formula is C14H18O5S. The van der Waals surface area contributed by atoms with Gasteiger partial charge in [-0.2, -0.15) is 0 Å². The highest BCUT2D eigenvalue weighted by Gasteiger charge is 2.12. The van der Waals surface area contributed by atoms with Crippen molar-refractivity contribution in [3.8, 4) is 5.75 Å². The van der Waals surface area contributed by atoms with Crippen molar-refractivity contribution in [3.05, 3.63) is 24.3 Å². The van der Waals surface area contributed by atoms with Gasteiger partial charge in [0.25, 0.3) is 0 Å². The Morgan fingerprint density at radius 3 is 2.35 bits per heavy atom. The molecule has 0 aliphatic rings. The molecule has 0 N–H and O–H groups in total. The summed E-state index contributed by atoms with van der Waals surface area (Å²) in [7, 11) is 0.147. The van der Waals surface area contributed by atoms with Crippen molar-refractivity contribution in [1.29, 1.82) is 0 Å². The average Bonchev–Trinajstić information content (AvgIpc) is 2.45. The fourth-order valence-corrected chi connectivity index (χ4v) is 2.55. The number of methoxy groups -OCH3 is 1. The Bertz CT molecular complexity index is 481. The van der Waals surface area contributed by atoms with E-state index < -0.39 is 16.8 Å². The van der Waals surface area contributed by atoms with Gasteiger partial charge in [0.15, 0.2) is 0 Å². The van der Waals surface area contributed by atoms with Gasteiger partial charge >= 0.3 is 5.97 Å². The lowest BCUT2D eigenvalue weighted by Gasteiger charge is -2.04. The van der Waals surface area contributed by atoms with Gasteiger partial charge in [0.1, 0.15) is 11.5 Å². The highest BCUT2D eigenvalue weighted by atomic mass is 32.2. The molecule has 0 saturated carbocycles. The first-order chi connectivity index (χ1) is 9.56. The van der Waals surface area contributed by atoms with E-state index in [1.165, 1.54) is 0 Å². The van der Waals surface area contributed by atoms with E-state index in [-0.39, 0.29) is 24.4 Å². The normalized spacial score (nSPS) is 11.7. The first-order valence-electron chi connectivity index (χ1n) is 6.26. The number of hydrogen-bond acceptors (Lipinski definition) is 5. The summed E-state index contributed by atoms with van der Waals surface area (Å²) >= 11 is 0. The third-order valence-electron chi connectivity index (χ3n) is 2.53. The molecule has 0 bridgehead atoms. The Morgan fingerprint density at radius 2 is 1.80 bits per heavy atom. The molecule has 0 spiro atoms. The van der Waals surface area contributed by atoms with Crippen molar-refractivity contribution in [1.82, 2.24) is 0 Å². The first-order valence-corrected chi connectivity index (χ1v) is 7.58. The number of rotatable bonds is 8. The van der Waals surface area contributed by atoms with Crippen LogP contribution in [0.3, 0.4) is 0 Å². The maximum absolute atomic E-state index is 12.0. The third kappa shape index (κ3) is 5.52. The van der Waals surface area contributed by atoms with Crippen molar-refractivity contribution in [3.63, 3.8) is 0 Å². The molecule has 0 aliphatic heterocycles. The minimum atomic E-state index is -1.40. The van der Waals surface area contributed by atoms with E-state index in [4.69, 9.17) is 9.47 Å². The number of carbonyl (C=O) groups excluding carboxylic acids is 2. The molecule has 1 atom stereocenters. The van der Waals surface area contributed by atoms with Crippen LogP contribution < -0.4 is 4.74 Å². The molecule has 1 unspecified atom stereocenters. The molecule has 0 fully saturated rings. The van der Waals surface area contributed by atoms with Crippen LogP contribution in [0.2, 0.25) is 0 Å². The summed E-state index contributed by atoms with van der Waals surface area (Å²) in [6, 6.07) is 6.70. The molecule has 1 rings (SSSR count). The van der Waals surface area contributed by atoms with Crippen LogP contribution in [0, 0.1) is 0 Å². The molecule has 110 valence electrons. The zero-order valence-corrected chi connectivity index (χ0v) is 12.4. The van der Waals surface area contributed by atoms with Crippen LogP contribution in [0.15, 0.2) is 29.2 Å². The number of ketones is 1. The second-order valence-electron chi connectivity index (χ2n) is 4.01. The highest BCUT2D eigenvalue weighted by molar-refractivity contribution is 7.85. The summed E-state index contributed by atoms with van der Waals surface area (Å²) in [5, 5.41) is 0. The SMILES string of the molecule is CCOC(=O)CCC(=O)CS(=O)c1ccc(OC)cc1. The molecule has 1 aromatic carbocycles. The molecule has 0 aromatic heterocycles. The zero-order valence-electron chi connectivity index (χ0n) is 11.6. The first kappa shape index (κ1) is 16.4. The fraction of sp³-hybridized carbons (Fsp3) is 0.429. The number of carbonyl (C=O) groups is 2. The Balaban J connectivity index is 2.44. The van der Waals surface area contributed by atoms with Crippen LogP contribution in [0.4, 0.5) is 0 Å². The Hall–Kier alpha value is -1.69. The van der Waals surface area contributed by atoms with E-state index in [2.05, 4.69) is 0 Å². The molecule has 20 heavy (non-hydrogen) atoms. The largest absolute Gasteiger partial charge is 0.497 e. The molecule has 0 amide bonds. The molecule has 6 heteroatoms. The van der Waals surface area contributed by atoms with Crippen molar-refractivity contribution < 1.29 is 23.3 Å². The van der Waals surface area contributed by atoms with E-state index in [1.807, 2.05) is 0 Å². The fourth-order valence-electron chi connectivity index (χ4n) is 1.50. The van der Waals surface area contributed by atoms with Crippen molar-refractivity contribution in [2.24, 2.45) is 0 Å². The summed E-state index contributed by atoms with van der Waals surface area (Å²) in [6.07, 6.45) is 0.0905. The maximum Gasteiger partial charge on any atom is 0.306 e. The Labute approximate surface area is 120 Å². The number of esters is 1. The Morgan fingerprint density at radius 1 is 1.15 bits per heavy atom. The summed E-state index contributed by atoms with van der Waals surface area (Å²) in [4.78, 5) is 23.3. The molecule has 0 radical (unpaired) electrons. The van der Waals surface area contributed by atoms with E-state index in [9.17, 15) is 13.8 Å². The van der Waals surface area contributed by atoms with Crippen molar-refractivity contribution >= 4 is 22.6 Å². The second-order valence-corrected chi connectivity index (χ2v) is 5.46. The van der Waals surface area contributed by atoms with E-state index in [0.29, 0.717) is 17.3 Å². The lowest BCUT2D eigenvalue weighted by molar-refractivity contribution is -0.144. The van der Waals surface area contributed by atoms with Gasteiger partial charge in [-0.3, -0.25) is 13.8 Å². The van der Waals surface area contributed by atoms with Gasteiger partial charge in [-0.05, 0) is 31.2 Å². The lowest BCUT2D eigenvalue weighted by Crippen LogP contribution is -2.13. The van der Waals surface area contributed by atoms with Gasteiger partial charge in [-0.1, -0.05) is 0 Å². The number of benzene rings is 1. The van der Waals surface area contributed by atoms with E-state index >= 15 is 0 Å². The smallest absolute Gasteiger partial charge is 0.306 e. The van der Waals surface area contributed by atoms with Crippen LogP contribution in [0.5, 0.6) is 5.75 Å².